The van der Waals surface area contributed by atoms with Crippen LogP contribution in [0.2, 0.25) is 0 Å². The average molecular weight is 226 g/mol. The van der Waals surface area contributed by atoms with Crippen molar-refractivity contribution in [2.45, 2.75) is 39.1 Å². The summed E-state index contributed by atoms with van der Waals surface area (Å²) < 4.78 is 21.2. The lowest BCUT2D eigenvalue weighted by molar-refractivity contribution is -0.357. The third-order valence-electron chi connectivity index (χ3n) is 1.39. The van der Waals surface area contributed by atoms with Gasteiger partial charge in [-0.3, -0.25) is 4.57 Å². The predicted molar refractivity (Wildman–Crippen MR) is 53.0 cm³/mol. The Morgan fingerprint density at radius 3 is 1.86 bits per heavy atom. The van der Waals surface area contributed by atoms with Crippen molar-refractivity contribution in [3.05, 3.63) is 0 Å². The van der Waals surface area contributed by atoms with E-state index in [0.29, 0.717) is 0 Å². The minimum atomic E-state index is -3.21. The first-order valence-corrected chi connectivity index (χ1v) is 5.92. The second-order valence-corrected chi connectivity index (χ2v) is 6.33. The Morgan fingerprint density at radius 1 is 1.14 bits per heavy atom. The number of rotatable bonds is 5. The summed E-state index contributed by atoms with van der Waals surface area (Å²) in [6.07, 6.45) is 0. The van der Waals surface area contributed by atoms with E-state index >= 15 is 0 Å². The summed E-state index contributed by atoms with van der Waals surface area (Å²) in [5.74, 6) is -0.753. The predicted octanol–water partition coefficient (Wildman–Crippen LogP) is 2.57. The maximum Gasteiger partial charge on any atom is 0.361 e. The zero-order chi connectivity index (χ0) is 11.4. The van der Waals surface area contributed by atoms with Gasteiger partial charge in [-0.25, -0.2) is 9.78 Å². The van der Waals surface area contributed by atoms with E-state index in [-0.39, 0.29) is 0 Å². The molecule has 0 fully saturated rings. The molecule has 0 saturated heterocycles. The van der Waals surface area contributed by atoms with Crippen LogP contribution in [0.4, 0.5) is 0 Å². The molecule has 0 bridgehead atoms. The zero-order valence-electron chi connectivity index (χ0n) is 9.57. The van der Waals surface area contributed by atoms with Gasteiger partial charge in [0, 0.05) is 14.2 Å². The van der Waals surface area contributed by atoms with Gasteiger partial charge < -0.3 is 9.05 Å². The Balaban J connectivity index is 4.20. The molecule has 0 aliphatic carbocycles. The maximum absolute atomic E-state index is 11.7. The molecule has 0 radical (unpaired) electrons. The molecule has 0 amide bonds. The first-order chi connectivity index (χ1) is 6.25. The highest BCUT2D eigenvalue weighted by molar-refractivity contribution is 7.54. The first-order valence-electron chi connectivity index (χ1n) is 4.31. The van der Waals surface area contributed by atoms with Crippen molar-refractivity contribution < 1.29 is 23.4 Å². The van der Waals surface area contributed by atoms with Crippen LogP contribution in [0.1, 0.15) is 27.7 Å². The fraction of sp³-hybridized carbons (Fsp3) is 1.00. The molecule has 0 rings (SSSR count). The van der Waals surface area contributed by atoms with E-state index in [0.717, 1.165) is 0 Å². The van der Waals surface area contributed by atoms with Crippen LogP contribution in [0.5, 0.6) is 0 Å². The number of hydrogen-bond donors (Lipinski definition) is 0. The Hall–Kier alpha value is 0.0700. The minimum absolute atomic E-state index is 0.458. The van der Waals surface area contributed by atoms with Gasteiger partial charge in [0.2, 0.25) is 0 Å². The maximum atomic E-state index is 11.7. The highest BCUT2D eigenvalue weighted by atomic mass is 31.2. The molecule has 5 nitrogen and oxygen atoms in total. The summed E-state index contributed by atoms with van der Waals surface area (Å²) in [6, 6.07) is 0. The van der Waals surface area contributed by atoms with Crippen LogP contribution in [-0.2, 0) is 23.4 Å². The highest BCUT2D eigenvalue weighted by Gasteiger charge is 2.33. The van der Waals surface area contributed by atoms with Crippen molar-refractivity contribution >= 4 is 7.60 Å². The summed E-state index contributed by atoms with van der Waals surface area (Å²) in [7, 11) is -0.592. The van der Waals surface area contributed by atoms with Gasteiger partial charge >= 0.3 is 7.60 Å². The molecule has 0 aromatic rings. The number of hydrogen-bond acceptors (Lipinski definition) is 5. The van der Waals surface area contributed by atoms with Crippen LogP contribution in [0.15, 0.2) is 0 Å². The molecule has 0 aromatic carbocycles. The molecule has 0 aromatic heterocycles. The third kappa shape index (κ3) is 4.53. The van der Waals surface area contributed by atoms with Gasteiger partial charge in [0.15, 0.2) is 5.85 Å². The first kappa shape index (κ1) is 14.1. The SMILES string of the molecule is COP(=O)(OC)C(C)OOC(C)(C)C. The Morgan fingerprint density at radius 2 is 1.57 bits per heavy atom. The molecule has 0 saturated carbocycles. The molecule has 0 spiro atoms. The standard InChI is InChI=1S/C8H19O5P/c1-7(12-13-8(2,3)4)14(9,10-5)11-6/h7H,1-6H3. The van der Waals surface area contributed by atoms with Crippen LogP contribution in [0, 0.1) is 0 Å². The second-order valence-electron chi connectivity index (χ2n) is 3.80. The Kier molecular flexibility index (Phi) is 5.26. The summed E-state index contributed by atoms with van der Waals surface area (Å²) in [5, 5.41) is 0. The van der Waals surface area contributed by atoms with E-state index in [2.05, 4.69) is 0 Å². The van der Waals surface area contributed by atoms with Gasteiger partial charge in [-0.2, -0.15) is 0 Å². The van der Waals surface area contributed by atoms with Crippen LogP contribution in [0.25, 0.3) is 0 Å². The summed E-state index contributed by atoms with van der Waals surface area (Å²) in [6.45, 7) is 7.04. The summed E-state index contributed by atoms with van der Waals surface area (Å²) in [5.41, 5.74) is -0.458. The monoisotopic (exact) mass is 226 g/mol. The Labute approximate surface area is 85.1 Å². The van der Waals surface area contributed by atoms with Gasteiger partial charge in [0.05, 0.1) is 5.60 Å². The molecule has 0 aliphatic heterocycles. The molecular formula is C8H19O5P. The molecule has 86 valence electrons. The van der Waals surface area contributed by atoms with Crippen molar-refractivity contribution in [3.8, 4) is 0 Å². The minimum Gasteiger partial charge on any atom is -0.310 e. The molecular weight excluding hydrogens is 207 g/mol. The van der Waals surface area contributed by atoms with E-state index in [1.165, 1.54) is 14.2 Å². The van der Waals surface area contributed by atoms with Crippen molar-refractivity contribution in [1.29, 1.82) is 0 Å². The lowest BCUT2D eigenvalue weighted by atomic mass is 10.2. The zero-order valence-corrected chi connectivity index (χ0v) is 10.5. The normalized spacial score (nSPS) is 15.6. The molecule has 14 heavy (non-hydrogen) atoms. The molecule has 1 unspecified atom stereocenters. The lowest BCUT2D eigenvalue weighted by Crippen LogP contribution is -2.23. The van der Waals surface area contributed by atoms with Gasteiger partial charge in [-0.1, -0.05) is 0 Å². The quantitative estimate of drug-likeness (QED) is 0.409. The van der Waals surface area contributed by atoms with Crippen LogP contribution >= 0.6 is 7.60 Å². The highest BCUT2D eigenvalue weighted by Crippen LogP contribution is 2.51. The summed E-state index contributed by atoms with van der Waals surface area (Å²) in [4.78, 5) is 9.95. The van der Waals surface area contributed by atoms with Gasteiger partial charge in [-0.05, 0) is 27.7 Å². The fourth-order valence-electron chi connectivity index (χ4n) is 0.638. The van der Waals surface area contributed by atoms with E-state index in [1.807, 2.05) is 20.8 Å². The van der Waals surface area contributed by atoms with Crippen LogP contribution in [0.3, 0.4) is 0 Å². The van der Waals surface area contributed by atoms with Gasteiger partial charge in [0.25, 0.3) is 0 Å². The summed E-state index contributed by atoms with van der Waals surface area (Å²) >= 11 is 0. The molecule has 1 atom stereocenters. The Bertz CT molecular complexity index is 202. The molecule has 6 heteroatoms. The van der Waals surface area contributed by atoms with Crippen LogP contribution in [-0.4, -0.2) is 25.7 Å². The van der Waals surface area contributed by atoms with Crippen LogP contribution < -0.4 is 0 Å². The van der Waals surface area contributed by atoms with E-state index in [1.54, 1.807) is 6.92 Å². The lowest BCUT2D eigenvalue weighted by Gasteiger charge is -2.24. The molecule has 0 heterocycles. The average Bonchev–Trinajstić information content (AvgIpc) is 2.11. The van der Waals surface area contributed by atoms with Crippen molar-refractivity contribution in [2.75, 3.05) is 14.2 Å². The molecule has 0 aliphatic rings. The smallest absolute Gasteiger partial charge is 0.310 e. The fourth-order valence-corrected chi connectivity index (χ4v) is 1.53. The third-order valence-corrected chi connectivity index (χ3v) is 3.39. The second kappa shape index (κ2) is 5.24. The largest absolute Gasteiger partial charge is 0.361 e. The van der Waals surface area contributed by atoms with Gasteiger partial charge in [-0.15, -0.1) is 0 Å². The van der Waals surface area contributed by atoms with E-state index in [9.17, 15) is 4.57 Å². The topological polar surface area (TPSA) is 54.0 Å². The van der Waals surface area contributed by atoms with E-state index < -0.39 is 19.0 Å². The van der Waals surface area contributed by atoms with Crippen molar-refractivity contribution in [1.82, 2.24) is 0 Å². The van der Waals surface area contributed by atoms with E-state index in [4.69, 9.17) is 18.8 Å². The molecule has 0 N–H and O–H groups in total. The van der Waals surface area contributed by atoms with Crippen molar-refractivity contribution in [2.24, 2.45) is 0 Å². The van der Waals surface area contributed by atoms with Gasteiger partial charge in [0.1, 0.15) is 0 Å². The van der Waals surface area contributed by atoms with Crippen molar-refractivity contribution in [3.63, 3.8) is 0 Å².